The normalized spacial score (nSPS) is 10.8. The molecule has 0 aliphatic carbocycles. The van der Waals surface area contributed by atoms with Gasteiger partial charge in [0, 0.05) is 23.9 Å². The topological polar surface area (TPSA) is 58.0 Å². The maximum Gasteiger partial charge on any atom is 0.120 e. The van der Waals surface area contributed by atoms with E-state index in [1.54, 1.807) is 12.3 Å². The highest BCUT2D eigenvalue weighted by Gasteiger charge is 2.09. The SMILES string of the molecule is Cc1cnc(C)c(-c2ccc(O)c(CNCCc3ccccc3)c2)n1. The standard InChI is InChI=1S/C21H23N3O/c1-15-13-23-16(2)21(24-15)18-8-9-20(25)19(12-18)14-22-11-10-17-6-4-3-5-7-17/h3-9,12-13,22,25H,10-11,14H2,1-2H3. The van der Waals surface area contributed by atoms with Gasteiger partial charge in [-0.05, 0) is 50.6 Å². The fraction of sp³-hybridized carbons (Fsp3) is 0.238. The van der Waals surface area contributed by atoms with Gasteiger partial charge in [-0.15, -0.1) is 0 Å². The molecule has 3 rings (SSSR count). The maximum atomic E-state index is 10.1. The van der Waals surface area contributed by atoms with Gasteiger partial charge >= 0.3 is 0 Å². The lowest BCUT2D eigenvalue weighted by Gasteiger charge is -2.11. The third-order valence-corrected chi connectivity index (χ3v) is 4.18. The molecule has 4 nitrogen and oxygen atoms in total. The molecule has 25 heavy (non-hydrogen) atoms. The Balaban J connectivity index is 1.68. The molecule has 0 fully saturated rings. The van der Waals surface area contributed by atoms with Crippen LogP contribution in [-0.4, -0.2) is 21.6 Å². The molecule has 1 aromatic heterocycles. The van der Waals surface area contributed by atoms with Gasteiger partial charge < -0.3 is 10.4 Å². The van der Waals surface area contributed by atoms with Crippen LogP contribution in [0.1, 0.15) is 22.5 Å². The zero-order valence-electron chi connectivity index (χ0n) is 14.7. The molecular formula is C21H23N3O. The van der Waals surface area contributed by atoms with Crippen molar-refractivity contribution in [3.63, 3.8) is 0 Å². The molecule has 2 N–H and O–H groups in total. The lowest BCUT2D eigenvalue weighted by molar-refractivity contribution is 0.464. The van der Waals surface area contributed by atoms with Gasteiger partial charge in [0.1, 0.15) is 5.75 Å². The van der Waals surface area contributed by atoms with Gasteiger partial charge in [0.15, 0.2) is 0 Å². The monoisotopic (exact) mass is 333 g/mol. The van der Waals surface area contributed by atoms with Crippen molar-refractivity contribution in [1.82, 2.24) is 15.3 Å². The fourth-order valence-corrected chi connectivity index (χ4v) is 2.79. The van der Waals surface area contributed by atoms with E-state index < -0.39 is 0 Å². The third kappa shape index (κ3) is 4.43. The molecule has 2 aromatic carbocycles. The number of hydrogen-bond acceptors (Lipinski definition) is 4. The van der Waals surface area contributed by atoms with Gasteiger partial charge in [0.05, 0.1) is 17.1 Å². The molecule has 0 radical (unpaired) electrons. The summed E-state index contributed by atoms with van der Waals surface area (Å²) in [5, 5.41) is 13.5. The molecule has 0 aliphatic rings. The van der Waals surface area contributed by atoms with Crippen LogP contribution in [0.4, 0.5) is 0 Å². The molecule has 3 aromatic rings. The maximum absolute atomic E-state index is 10.1. The zero-order valence-corrected chi connectivity index (χ0v) is 14.7. The number of aromatic hydroxyl groups is 1. The Morgan fingerprint density at radius 1 is 1.04 bits per heavy atom. The molecular weight excluding hydrogens is 310 g/mol. The quantitative estimate of drug-likeness (QED) is 0.674. The lowest BCUT2D eigenvalue weighted by atomic mass is 10.0. The molecule has 0 amide bonds. The molecule has 0 spiro atoms. The van der Waals surface area contributed by atoms with E-state index in [9.17, 15) is 5.11 Å². The number of nitrogens with zero attached hydrogens (tertiary/aromatic N) is 2. The Hall–Kier alpha value is -2.72. The number of phenolic OH excluding ortho intramolecular Hbond substituents is 1. The summed E-state index contributed by atoms with van der Waals surface area (Å²) < 4.78 is 0. The van der Waals surface area contributed by atoms with E-state index in [-0.39, 0.29) is 0 Å². The van der Waals surface area contributed by atoms with E-state index in [1.807, 2.05) is 32.0 Å². The van der Waals surface area contributed by atoms with Gasteiger partial charge in [0.25, 0.3) is 0 Å². The van der Waals surface area contributed by atoms with Crippen LogP contribution < -0.4 is 5.32 Å². The van der Waals surface area contributed by atoms with Crippen molar-refractivity contribution in [2.24, 2.45) is 0 Å². The first-order valence-electron chi connectivity index (χ1n) is 8.50. The molecule has 0 saturated heterocycles. The van der Waals surface area contributed by atoms with Crippen molar-refractivity contribution in [2.75, 3.05) is 6.54 Å². The summed E-state index contributed by atoms with van der Waals surface area (Å²) >= 11 is 0. The molecule has 4 heteroatoms. The number of aromatic nitrogens is 2. The number of phenols is 1. The summed E-state index contributed by atoms with van der Waals surface area (Å²) in [6.07, 6.45) is 2.73. The smallest absolute Gasteiger partial charge is 0.120 e. The van der Waals surface area contributed by atoms with Crippen LogP contribution >= 0.6 is 0 Å². The van der Waals surface area contributed by atoms with Crippen molar-refractivity contribution >= 4 is 0 Å². The van der Waals surface area contributed by atoms with Crippen LogP contribution in [0.3, 0.4) is 0 Å². The van der Waals surface area contributed by atoms with Crippen molar-refractivity contribution in [1.29, 1.82) is 0 Å². The Kier molecular flexibility index (Phi) is 5.41. The Bertz CT molecular complexity index is 847. The summed E-state index contributed by atoms with van der Waals surface area (Å²) in [7, 11) is 0. The minimum atomic E-state index is 0.300. The van der Waals surface area contributed by atoms with Crippen LogP contribution in [0.2, 0.25) is 0 Å². The van der Waals surface area contributed by atoms with Crippen molar-refractivity contribution in [2.45, 2.75) is 26.8 Å². The Morgan fingerprint density at radius 2 is 1.84 bits per heavy atom. The minimum absolute atomic E-state index is 0.300. The summed E-state index contributed by atoms with van der Waals surface area (Å²) in [5.41, 5.74) is 5.79. The van der Waals surface area contributed by atoms with Crippen LogP contribution in [0.25, 0.3) is 11.3 Å². The van der Waals surface area contributed by atoms with E-state index in [0.29, 0.717) is 12.3 Å². The van der Waals surface area contributed by atoms with Gasteiger partial charge in [0.2, 0.25) is 0 Å². The second-order valence-corrected chi connectivity index (χ2v) is 6.20. The molecule has 0 unspecified atom stereocenters. The average Bonchev–Trinajstić information content (AvgIpc) is 2.63. The third-order valence-electron chi connectivity index (χ3n) is 4.18. The minimum Gasteiger partial charge on any atom is -0.508 e. The van der Waals surface area contributed by atoms with E-state index >= 15 is 0 Å². The summed E-state index contributed by atoms with van der Waals surface area (Å²) in [6.45, 7) is 5.36. The predicted molar refractivity (Wildman–Crippen MR) is 100 cm³/mol. The van der Waals surface area contributed by atoms with Crippen LogP contribution in [0, 0.1) is 13.8 Å². The van der Waals surface area contributed by atoms with Gasteiger partial charge in [-0.25, -0.2) is 4.98 Å². The van der Waals surface area contributed by atoms with Crippen LogP contribution in [0.15, 0.2) is 54.7 Å². The first-order chi connectivity index (χ1) is 12.1. The Morgan fingerprint density at radius 3 is 2.64 bits per heavy atom. The second kappa shape index (κ2) is 7.90. The predicted octanol–water partition coefficient (Wildman–Crippen LogP) is 3.80. The van der Waals surface area contributed by atoms with Crippen molar-refractivity contribution < 1.29 is 5.11 Å². The molecule has 128 valence electrons. The van der Waals surface area contributed by atoms with Gasteiger partial charge in [-0.2, -0.15) is 0 Å². The summed E-state index contributed by atoms with van der Waals surface area (Å²) in [5.74, 6) is 0.300. The van der Waals surface area contributed by atoms with Gasteiger partial charge in [-0.3, -0.25) is 4.98 Å². The number of benzene rings is 2. The van der Waals surface area contributed by atoms with E-state index in [0.717, 1.165) is 41.2 Å². The largest absolute Gasteiger partial charge is 0.508 e. The molecule has 0 bridgehead atoms. The number of hydrogen-bond donors (Lipinski definition) is 2. The average molecular weight is 333 g/mol. The first-order valence-corrected chi connectivity index (χ1v) is 8.50. The van der Waals surface area contributed by atoms with Crippen LogP contribution in [0.5, 0.6) is 5.75 Å². The summed E-state index contributed by atoms with van der Waals surface area (Å²) in [4.78, 5) is 8.96. The lowest BCUT2D eigenvalue weighted by Crippen LogP contribution is -2.16. The van der Waals surface area contributed by atoms with E-state index in [2.05, 4.69) is 39.6 Å². The van der Waals surface area contributed by atoms with Gasteiger partial charge in [-0.1, -0.05) is 30.3 Å². The zero-order chi connectivity index (χ0) is 17.6. The number of rotatable bonds is 6. The highest BCUT2D eigenvalue weighted by atomic mass is 16.3. The van der Waals surface area contributed by atoms with E-state index in [4.69, 9.17) is 0 Å². The number of aryl methyl sites for hydroxylation is 2. The Labute approximate surface area is 148 Å². The highest BCUT2D eigenvalue weighted by Crippen LogP contribution is 2.26. The highest BCUT2D eigenvalue weighted by molar-refractivity contribution is 5.64. The first kappa shape index (κ1) is 17.1. The molecule has 0 saturated carbocycles. The van der Waals surface area contributed by atoms with Crippen molar-refractivity contribution in [3.05, 3.63) is 77.2 Å². The number of nitrogens with one attached hydrogen (secondary N) is 1. The van der Waals surface area contributed by atoms with E-state index in [1.165, 1.54) is 5.56 Å². The molecule has 0 atom stereocenters. The van der Waals surface area contributed by atoms with Crippen LogP contribution in [-0.2, 0) is 13.0 Å². The fourth-order valence-electron chi connectivity index (χ4n) is 2.79. The second-order valence-electron chi connectivity index (χ2n) is 6.20. The molecule has 0 aliphatic heterocycles. The summed E-state index contributed by atoms with van der Waals surface area (Å²) in [6, 6.07) is 16.0. The molecule has 1 heterocycles. The van der Waals surface area contributed by atoms with Crippen molar-refractivity contribution in [3.8, 4) is 17.0 Å².